The fraction of sp³-hybridized carbons (Fsp3) is 0.917. The summed E-state index contributed by atoms with van der Waals surface area (Å²) >= 11 is 0. The maximum absolute atomic E-state index is 12.8. The SMILES string of the molecule is C[C@H](CCC(=O)OC(C)(C)C)C1CC[C@H]2[C@@H]3CC[C@@H]4C[C@@H](OC(=O)[C@@H](N)CC(=O)OC(C)(C)C)CC[C@]4(C)[C@H]3CC[C@]12C. The lowest BCUT2D eigenvalue weighted by Gasteiger charge is -2.61. The summed E-state index contributed by atoms with van der Waals surface area (Å²) in [5.74, 6) is 2.98. The molecule has 0 saturated heterocycles. The van der Waals surface area contributed by atoms with Crippen LogP contribution in [0.1, 0.15) is 139 Å². The van der Waals surface area contributed by atoms with Crippen molar-refractivity contribution in [2.75, 3.05) is 0 Å². The normalized spacial score (nSPS) is 37.3. The molecular formula is C36H61NO6. The summed E-state index contributed by atoms with van der Waals surface area (Å²) in [5.41, 5.74) is 5.66. The van der Waals surface area contributed by atoms with Crippen LogP contribution >= 0.6 is 0 Å². The van der Waals surface area contributed by atoms with Crippen LogP contribution in [0.5, 0.6) is 0 Å². The van der Waals surface area contributed by atoms with Crippen LogP contribution < -0.4 is 5.73 Å². The van der Waals surface area contributed by atoms with Gasteiger partial charge in [-0.2, -0.15) is 0 Å². The summed E-state index contributed by atoms with van der Waals surface area (Å²) in [6, 6.07) is -0.989. The maximum atomic E-state index is 12.8. The summed E-state index contributed by atoms with van der Waals surface area (Å²) in [6.45, 7) is 18.7. The largest absolute Gasteiger partial charge is 0.461 e. The number of ether oxygens (including phenoxy) is 3. The number of fused-ring (bicyclic) bond motifs is 5. The fourth-order valence-electron chi connectivity index (χ4n) is 10.1. The van der Waals surface area contributed by atoms with Gasteiger partial charge in [-0.1, -0.05) is 20.8 Å². The van der Waals surface area contributed by atoms with E-state index in [-0.39, 0.29) is 23.9 Å². The molecule has 0 heterocycles. The molecule has 0 spiro atoms. The fourth-order valence-corrected chi connectivity index (χ4v) is 10.1. The quantitative estimate of drug-likeness (QED) is 0.228. The van der Waals surface area contributed by atoms with Crippen LogP contribution in [0.4, 0.5) is 0 Å². The second-order valence-corrected chi connectivity index (χ2v) is 17.2. The van der Waals surface area contributed by atoms with Crippen LogP contribution in [0.15, 0.2) is 0 Å². The molecule has 0 aliphatic heterocycles. The van der Waals surface area contributed by atoms with E-state index in [1.165, 1.54) is 38.5 Å². The van der Waals surface area contributed by atoms with Crippen molar-refractivity contribution in [1.82, 2.24) is 0 Å². The van der Waals surface area contributed by atoms with Gasteiger partial charge in [0, 0.05) is 6.42 Å². The number of esters is 3. The van der Waals surface area contributed by atoms with Gasteiger partial charge >= 0.3 is 17.9 Å². The molecule has 4 rings (SSSR count). The molecule has 0 aromatic carbocycles. The standard InChI is InChI=1S/C36H61NO6/c1-22(10-15-30(38)42-33(2,3)4)26-13-14-27-25-12-11-23-20-24(16-18-35(23,8)28(25)17-19-36(26,27)9)41-32(40)29(37)21-31(39)43-34(5,6)7/h22-29H,10-21,37H2,1-9H3/t22-,23-,24+,25+,26?,27+,28+,29+,35+,36-/m1/s1. The van der Waals surface area contributed by atoms with E-state index in [1.807, 2.05) is 20.8 Å². The van der Waals surface area contributed by atoms with E-state index < -0.39 is 29.2 Å². The highest BCUT2D eigenvalue weighted by atomic mass is 16.6. The smallest absolute Gasteiger partial charge is 0.323 e. The molecule has 1 unspecified atom stereocenters. The Kier molecular flexibility index (Phi) is 10.1. The first-order chi connectivity index (χ1) is 19.8. The average molecular weight is 604 g/mol. The molecule has 4 aliphatic rings. The highest BCUT2D eigenvalue weighted by Gasteiger charge is 2.60. The lowest BCUT2D eigenvalue weighted by Crippen LogP contribution is -2.54. The molecule has 4 aliphatic carbocycles. The molecule has 0 aromatic heterocycles. The van der Waals surface area contributed by atoms with E-state index in [0.29, 0.717) is 29.6 Å². The van der Waals surface area contributed by atoms with Gasteiger partial charge in [-0.05, 0) is 152 Å². The first-order valence-electron chi connectivity index (χ1n) is 17.2. The van der Waals surface area contributed by atoms with Crippen molar-refractivity contribution < 1.29 is 28.6 Å². The van der Waals surface area contributed by atoms with Crippen LogP contribution in [0.25, 0.3) is 0 Å². The van der Waals surface area contributed by atoms with Crippen molar-refractivity contribution in [2.24, 2.45) is 52.1 Å². The topological polar surface area (TPSA) is 105 Å². The lowest BCUT2D eigenvalue weighted by atomic mass is 9.44. The molecule has 0 aromatic rings. The minimum atomic E-state index is -0.989. The highest BCUT2D eigenvalue weighted by molar-refractivity contribution is 5.82. The molecule has 0 radical (unpaired) electrons. The van der Waals surface area contributed by atoms with E-state index in [4.69, 9.17) is 19.9 Å². The minimum absolute atomic E-state index is 0.0692. The Balaban J connectivity index is 1.32. The number of carbonyl (C=O) groups is 3. The monoisotopic (exact) mass is 603 g/mol. The van der Waals surface area contributed by atoms with Gasteiger partial charge in [0.1, 0.15) is 23.3 Å². The molecule has 0 bridgehead atoms. The lowest BCUT2D eigenvalue weighted by molar-refractivity contribution is -0.167. The van der Waals surface area contributed by atoms with Gasteiger partial charge in [-0.25, -0.2) is 0 Å². The molecule has 2 N–H and O–H groups in total. The van der Waals surface area contributed by atoms with Crippen molar-refractivity contribution >= 4 is 17.9 Å². The summed E-state index contributed by atoms with van der Waals surface area (Å²) in [7, 11) is 0. The summed E-state index contributed by atoms with van der Waals surface area (Å²) in [6.07, 6.45) is 11.6. The summed E-state index contributed by atoms with van der Waals surface area (Å²) in [4.78, 5) is 37.4. The van der Waals surface area contributed by atoms with Gasteiger partial charge in [0.15, 0.2) is 0 Å². The second-order valence-electron chi connectivity index (χ2n) is 17.2. The van der Waals surface area contributed by atoms with Crippen molar-refractivity contribution in [2.45, 2.75) is 163 Å². The number of nitrogens with two attached hydrogens (primary N) is 1. The maximum Gasteiger partial charge on any atom is 0.323 e. The Hall–Kier alpha value is -1.63. The van der Waals surface area contributed by atoms with Crippen LogP contribution in [0.2, 0.25) is 0 Å². The summed E-state index contributed by atoms with van der Waals surface area (Å²) in [5, 5.41) is 0. The van der Waals surface area contributed by atoms with Crippen LogP contribution in [0, 0.1) is 46.3 Å². The van der Waals surface area contributed by atoms with Crippen molar-refractivity contribution in [3.05, 3.63) is 0 Å². The van der Waals surface area contributed by atoms with Gasteiger partial charge < -0.3 is 19.9 Å². The number of rotatable bonds is 8. The van der Waals surface area contributed by atoms with Crippen molar-refractivity contribution in [1.29, 1.82) is 0 Å². The zero-order chi connectivity index (χ0) is 32.0. The third-order valence-electron chi connectivity index (χ3n) is 12.0. The molecule has 0 amide bonds. The number of hydrogen-bond donors (Lipinski definition) is 1. The first kappa shape index (κ1) is 34.2. The third kappa shape index (κ3) is 7.79. The predicted octanol–water partition coefficient (Wildman–Crippen LogP) is 7.37. The van der Waals surface area contributed by atoms with E-state index in [0.717, 1.165) is 43.4 Å². The molecule has 10 atom stereocenters. The first-order valence-corrected chi connectivity index (χ1v) is 17.2. The molecule has 7 heteroatoms. The van der Waals surface area contributed by atoms with E-state index in [2.05, 4.69) is 20.8 Å². The molecule has 43 heavy (non-hydrogen) atoms. The van der Waals surface area contributed by atoms with Gasteiger partial charge in [0.2, 0.25) is 0 Å². The Morgan fingerprint density at radius 2 is 1.42 bits per heavy atom. The Morgan fingerprint density at radius 1 is 0.814 bits per heavy atom. The Morgan fingerprint density at radius 3 is 2.07 bits per heavy atom. The van der Waals surface area contributed by atoms with Gasteiger partial charge in [0.25, 0.3) is 0 Å². The third-order valence-corrected chi connectivity index (χ3v) is 12.0. The van der Waals surface area contributed by atoms with E-state index in [1.54, 1.807) is 20.8 Å². The van der Waals surface area contributed by atoms with Gasteiger partial charge in [0.05, 0.1) is 6.42 Å². The van der Waals surface area contributed by atoms with Gasteiger partial charge in [-0.3, -0.25) is 14.4 Å². The second kappa shape index (κ2) is 12.6. The molecule has 4 saturated carbocycles. The number of carbonyl (C=O) groups excluding carboxylic acids is 3. The zero-order valence-electron chi connectivity index (χ0n) is 28.6. The molecule has 7 nitrogen and oxygen atoms in total. The van der Waals surface area contributed by atoms with E-state index in [9.17, 15) is 14.4 Å². The Bertz CT molecular complexity index is 1030. The molecule has 246 valence electrons. The van der Waals surface area contributed by atoms with Crippen molar-refractivity contribution in [3.63, 3.8) is 0 Å². The van der Waals surface area contributed by atoms with Gasteiger partial charge in [-0.15, -0.1) is 0 Å². The van der Waals surface area contributed by atoms with E-state index >= 15 is 0 Å². The highest BCUT2D eigenvalue weighted by Crippen LogP contribution is 2.68. The number of hydrogen-bond acceptors (Lipinski definition) is 7. The molecule has 4 fully saturated rings. The van der Waals surface area contributed by atoms with Crippen LogP contribution in [0.3, 0.4) is 0 Å². The Labute approximate surface area is 261 Å². The summed E-state index contributed by atoms with van der Waals surface area (Å²) < 4.78 is 16.8. The average Bonchev–Trinajstić information content (AvgIpc) is 3.22. The predicted molar refractivity (Wildman–Crippen MR) is 168 cm³/mol. The zero-order valence-corrected chi connectivity index (χ0v) is 28.6. The van der Waals surface area contributed by atoms with Crippen LogP contribution in [-0.2, 0) is 28.6 Å². The minimum Gasteiger partial charge on any atom is -0.461 e. The molecular weight excluding hydrogens is 542 g/mol. The van der Waals surface area contributed by atoms with Crippen LogP contribution in [-0.4, -0.2) is 41.3 Å². The van der Waals surface area contributed by atoms with Crippen molar-refractivity contribution in [3.8, 4) is 0 Å².